The van der Waals surface area contributed by atoms with Gasteiger partial charge in [-0.2, -0.15) is 0 Å². The minimum absolute atomic E-state index is 0.0519. The first-order chi connectivity index (χ1) is 8.97. The first kappa shape index (κ1) is 13.8. The van der Waals surface area contributed by atoms with Crippen LogP contribution in [0.5, 0.6) is 0 Å². The van der Waals surface area contributed by atoms with Gasteiger partial charge in [0.1, 0.15) is 5.82 Å². The van der Waals surface area contributed by atoms with Crippen molar-refractivity contribution in [2.24, 2.45) is 11.8 Å². The third kappa shape index (κ3) is 3.67. The monoisotopic (exact) mass is 282 g/mol. The number of halogens is 1. The molecule has 0 aromatic carbocycles. The summed E-state index contributed by atoms with van der Waals surface area (Å²) in [5.41, 5.74) is 0. The van der Waals surface area contributed by atoms with Gasteiger partial charge >= 0.3 is 5.97 Å². The van der Waals surface area contributed by atoms with Crippen molar-refractivity contribution >= 4 is 29.3 Å². The van der Waals surface area contributed by atoms with Gasteiger partial charge in [0, 0.05) is 6.20 Å². The van der Waals surface area contributed by atoms with E-state index in [4.69, 9.17) is 16.3 Å². The van der Waals surface area contributed by atoms with Gasteiger partial charge in [-0.05, 0) is 31.4 Å². The average molecular weight is 283 g/mol. The molecule has 19 heavy (non-hydrogen) atoms. The Morgan fingerprint density at radius 3 is 2.74 bits per heavy atom. The summed E-state index contributed by atoms with van der Waals surface area (Å²) < 4.78 is 5.10. The molecule has 0 aliphatic heterocycles. The van der Waals surface area contributed by atoms with E-state index >= 15 is 0 Å². The summed E-state index contributed by atoms with van der Waals surface area (Å²) in [5.74, 6) is -0.0302. The maximum absolute atomic E-state index is 11.8. The van der Waals surface area contributed by atoms with Crippen LogP contribution in [0.3, 0.4) is 0 Å². The maximum atomic E-state index is 11.8. The minimum Gasteiger partial charge on any atom is -0.452 e. The molecule has 102 valence electrons. The largest absolute Gasteiger partial charge is 0.452 e. The number of hydrogen-bond donors (Lipinski definition) is 1. The smallest absolute Gasteiger partial charge is 0.309 e. The number of pyridine rings is 1. The molecule has 0 spiro atoms. The number of esters is 1. The fraction of sp³-hybridized carbons (Fsp3) is 0.462. The summed E-state index contributed by atoms with van der Waals surface area (Å²) in [6, 6.07) is 3.20. The van der Waals surface area contributed by atoms with Crippen LogP contribution < -0.4 is 5.32 Å². The first-order valence-electron chi connectivity index (χ1n) is 6.10. The van der Waals surface area contributed by atoms with Crippen molar-refractivity contribution in [2.45, 2.75) is 26.4 Å². The topological polar surface area (TPSA) is 68.3 Å². The quantitative estimate of drug-likeness (QED) is 0.860. The summed E-state index contributed by atoms with van der Waals surface area (Å²) in [4.78, 5) is 27.3. The second-order valence-corrected chi connectivity index (χ2v) is 5.19. The predicted octanol–water partition coefficient (Wildman–Crippen LogP) is 2.26. The van der Waals surface area contributed by atoms with Crippen molar-refractivity contribution in [3.63, 3.8) is 0 Å². The molecule has 0 unspecified atom stereocenters. The van der Waals surface area contributed by atoms with Crippen LogP contribution in [-0.2, 0) is 14.3 Å². The molecule has 1 aliphatic rings. The van der Waals surface area contributed by atoms with E-state index in [9.17, 15) is 9.59 Å². The van der Waals surface area contributed by atoms with Crippen molar-refractivity contribution in [1.29, 1.82) is 0 Å². The van der Waals surface area contributed by atoms with Crippen LogP contribution in [-0.4, -0.2) is 23.0 Å². The molecule has 0 radical (unpaired) electrons. The van der Waals surface area contributed by atoms with Crippen LogP contribution in [0.2, 0.25) is 5.02 Å². The lowest BCUT2D eigenvalue weighted by atomic mass is 10.3. The van der Waals surface area contributed by atoms with E-state index in [0.717, 1.165) is 6.42 Å². The van der Waals surface area contributed by atoms with Crippen LogP contribution in [0, 0.1) is 11.8 Å². The lowest BCUT2D eigenvalue weighted by Crippen LogP contribution is -2.30. The highest BCUT2D eigenvalue weighted by atomic mass is 35.5. The summed E-state index contributed by atoms with van der Waals surface area (Å²) in [5, 5.41) is 3.05. The van der Waals surface area contributed by atoms with Gasteiger partial charge in [-0.15, -0.1) is 0 Å². The highest BCUT2D eigenvalue weighted by molar-refractivity contribution is 6.30. The number of ether oxygens (including phenoxy) is 1. The van der Waals surface area contributed by atoms with Gasteiger partial charge in [0.05, 0.1) is 10.9 Å². The Balaban J connectivity index is 1.85. The van der Waals surface area contributed by atoms with E-state index in [1.807, 2.05) is 6.92 Å². The van der Waals surface area contributed by atoms with Gasteiger partial charge in [-0.25, -0.2) is 4.98 Å². The zero-order valence-electron chi connectivity index (χ0n) is 10.7. The normalized spacial score (nSPS) is 22.5. The number of carbonyl (C=O) groups excluding carboxylic acids is 2. The number of hydrogen-bond acceptors (Lipinski definition) is 4. The third-order valence-electron chi connectivity index (χ3n) is 3.05. The van der Waals surface area contributed by atoms with E-state index in [2.05, 4.69) is 10.3 Å². The standard InChI is InChI=1S/C13H15ClN2O3/c1-7-5-10(7)13(18)19-8(2)12(17)16-11-4-3-9(14)6-15-11/h3-4,6-8,10H,5H2,1-2H3,(H,15,16,17)/t7-,8+,10-/m0/s1. The third-order valence-corrected chi connectivity index (χ3v) is 3.28. The molecule has 1 saturated carbocycles. The highest BCUT2D eigenvalue weighted by Gasteiger charge is 2.41. The van der Waals surface area contributed by atoms with Crippen LogP contribution in [0.1, 0.15) is 20.3 Å². The van der Waals surface area contributed by atoms with E-state index in [1.54, 1.807) is 12.1 Å². The summed E-state index contributed by atoms with van der Waals surface area (Å²) in [7, 11) is 0. The lowest BCUT2D eigenvalue weighted by Gasteiger charge is -2.13. The first-order valence-corrected chi connectivity index (χ1v) is 6.48. The van der Waals surface area contributed by atoms with Crippen LogP contribution in [0.15, 0.2) is 18.3 Å². The van der Waals surface area contributed by atoms with Gasteiger partial charge in [-0.1, -0.05) is 18.5 Å². The summed E-state index contributed by atoms with van der Waals surface area (Å²) in [6.07, 6.45) is 1.43. The van der Waals surface area contributed by atoms with Crippen molar-refractivity contribution < 1.29 is 14.3 Å². The van der Waals surface area contributed by atoms with Crippen molar-refractivity contribution in [2.75, 3.05) is 5.32 Å². The van der Waals surface area contributed by atoms with Gasteiger partial charge < -0.3 is 10.1 Å². The molecular formula is C13H15ClN2O3. The minimum atomic E-state index is -0.835. The molecule has 1 fully saturated rings. The molecule has 1 amide bonds. The van der Waals surface area contributed by atoms with Crippen molar-refractivity contribution in [3.05, 3.63) is 23.4 Å². The SMILES string of the molecule is C[C@@H](OC(=O)[C@H]1C[C@@H]1C)C(=O)Nc1ccc(Cl)cn1. The Morgan fingerprint density at radius 1 is 1.53 bits per heavy atom. The zero-order chi connectivity index (χ0) is 14.0. The molecule has 1 aromatic heterocycles. The average Bonchev–Trinajstić information content (AvgIpc) is 3.09. The van der Waals surface area contributed by atoms with Gasteiger partial charge in [-0.3, -0.25) is 9.59 Å². The second kappa shape index (κ2) is 5.57. The Kier molecular flexibility index (Phi) is 4.04. The maximum Gasteiger partial charge on any atom is 0.309 e. The van der Waals surface area contributed by atoms with Crippen LogP contribution in [0.4, 0.5) is 5.82 Å². The van der Waals surface area contributed by atoms with E-state index in [1.165, 1.54) is 13.1 Å². The van der Waals surface area contributed by atoms with Crippen molar-refractivity contribution in [1.82, 2.24) is 4.98 Å². The number of carbonyl (C=O) groups is 2. The molecule has 0 saturated heterocycles. The Hall–Kier alpha value is -1.62. The molecule has 1 heterocycles. The number of anilines is 1. The molecule has 1 aliphatic carbocycles. The number of rotatable bonds is 4. The molecule has 2 rings (SSSR count). The van der Waals surface area contributed by atoms with Crippen LogP contribution in [0.25, 0.3) is 0 Å². The number of nitrogens with zero attached hydrogens (tertiary/aromatic N) is 1. The lowest BCUT2D eigenvalue weighted by molar-refractivity contribution is -0.154. The van der Waals surface area contributed by atoms with Gasteiger partial charge in [0.15, 0.2) is 6.10 Å². The number of nitrogens with one attached hydrogen (secondary N) is 1. The molecule has 6 heteroatoms. The Bertz CT molecular complexity index is 489. The number of amides is 1. The molecule has 5 nitrogen and oxygen atoms in total. The predicted molar refractivity (Wildman–Crippen MR) is 70.7 cm³/mol. The van der Waals surface area contributed by atoms with Gasteiger partial charge in [0.2, 0.25) is 0 Å². The fourth-order valence-electron chi connectivity index (χ4n) is 1.64. The molecular weight excluding hydrogens is 268 g/mol. The molecule has 1 aromatic rings. The van der Waals surface area contributed by atoms with E-state index < -0.39 is 12.0 Å². The Morgan fingerprint density at radius 2 is 2.21 bits per heavy atom. The highest BCUT2D eigenvalue weighted by Crippen LogP contribution is 2.38. The van der Waals surface area contributed by atoms with Gasteiger partial charge in [0.25, 0.3) is 5.91 Å². The summed E-state index contributed by atoms with van der Waals surface area (Å²) >= 11 is 5.69. The number of aromatic nitrogens is 1. The van der Waals surface area contributed by atoms with E-state index in [-0.39, 0.29) is 11.9 Å². The van der Waals surface area contributed by atoms with Crippen molar-refractivity contribution in [3.8, 4) is 0 Å². The molecule has 3 atom stereocenters. The fourth-order valence-corrected chi connectivity index (χ4v) is 1.76. The second-order valence-electron chi connectivity index (χ2n) is 4.75. The van der Waals surface area contributed by atoms with Crippen LogP contribution >= 0.6 is 11.6 Å². The molecule has 1 N–H and O–H groups in total. The Labute approximate surface area is 116 Å². The summed E-state index contributed by atoms with van der Waals surface area (Å²) in [6.45, 7) is 3.52. The van der Waals surface area contributed by atoms with E-state index in [0.29, 0.717) is 16.8 Å². The zero-order valence-corrected chi connectivity index (χ0v) is 11.5. The molecule has 0 bridgehead atoms.